The van der Waals surface area contributed by atoms with E-state index in [0.717, 1.165) is 18.2 Å². The van der Waals surface area contributed by atoms with Gasteiger partial charge in [-0.1, -0.05) is 0 Å². The maximum Gasteiger partial charge on any atom is 0.321 e. The van der Waals surface area contributed by atoms with Gasteiger partial charge in [-0.15, -0.1) is 0 Å². The smallest absolute Gasteiger partial charge is 0.321 e. The van der Waals surface area contributed by atoms with Crippen LogP contribution in [-0.4, -0.2) is 15.6 Å². The van der Waals surface area contributed by atoms with Crippen molar-refractivity contribution in [2.45, 2.75) is 0 Å². The fourth-order valence-corrected chi connectivity index (χ4v) is 2.89. The number of nitrogens with zero attached hydrogens (tertiary/aromatic N) is 2. The number of hydrogen-bond donors (Lipinski definition) is 1. The van der Waals surface area contributed by atoms with Gasteiger partial charge in [0.1, 0.15) is 0 Å². The molecule has 1 aromatic carbocycles. The van der Waals surface area contributed by atoms with Crippen LogP contribution in [0, 0.1) is 20.2 Å². The molecule has 0 heterocycles. The zero-order valence-electron chi connectivity index (χ0n) is 11.6. The van der Waals surface area contributed by atoms with Gasteiger partial charge in [-0.3, -0.25) is 25.0 Å². The Balaban J connectivity index is 2.18. The second-order valence-corrected chi connectivity index (χ2v) is 6.05. The lowest BCUT2D eigenvalue weighted by Crippen LogP contribution is -2.13. The highest BCUT2D eigenvalue weighted by atomic mass is 79.9. The number of hydroxylamine groups is 1. The van der Waals surface area contributed by atoms with Crippen LogP contribution in [0.2, 0.25) is 0 Å². The molecule has 1 N–H and O–H groups in total. The monoisotopic (exact) mass is 459 g/mol. The van der Waals surface area contributed by atoms with Gasteiger partial charge in [-0.2, -0.15) is 0 Å². The Morgan fingerprint density at radius 1 is 1.08 bits per heavy atom. The van der Waals surface area contributed by atoms with Crippen LogP contribution >= 0.6 is 31.9 Å². The van der Waals surface area contributed by atoms with Gasteiger partial charge in [0.2, 0.25) is 11.5 Å². The molecule has 1 aliphatic carbocycles. The highest BCUT2D eigenvalue weighted by molar-refractivity contribution is 9.13. The van der Waals surface area contributed by atoms with Crippen LogP contribution in [0.1, 0.15) is 0 Å². The van der Waals surface area contributed by atoms with Gasteiger partial charge in [0.25, 0.3) is 5.69 Å². The second kappa shape index (κ2) is 7.36. The first-order chi connectivity index (χ1) is 11.3. The molecule has 0 unspecified atom stereocenters. The first-order valence-corrected chi connectivity index (χ1v) is 7.72. The molecule has 0 radical (unpaired) electrons. The van der Waals surface area contributed by atoms with Crippen molar-refractivity contribution in [2.75, 3.05) is 0 Å². The summed E-state index contributed by atoms with van der Waals surface area (Å²) in [6, 6.07) is 3.00. The summed E-state index contributed by atoms with van der Waals surface area (Å²) in [6.07, 6.45) is 4.40. The number of ketones is 1. The zero-order valence-corrected chi connectivity index (χ0v) is 14.7. The lowest BCUT2D eigenvalue weighted by molar-refractivity contribution is -0.394. The number of hydrogen-bond acceptors (Lipinski definition) is 7. The topological polar surface area (TPSA) is 125 Å². The minimum Gasteiger partial charge on any atom is -0.375 e. The molecule has 0 saturated carbocycles. The molecule has 24 heavy (non-hydrogen) atoms. The summed E-state index contributed by atoms with van der Waals surface area (Å²) in [6.45, 7) is 0. The fourth-order valence-electron chi connectivity index (χ4n) is 1.67. The summed E-state index contributed by atoms with van der Waals surface area (Å²) in [5, 5.41) is 21.6. The normalized spacial score (nSPS) is 13.8. The largest absolute Gasteiger partial charge is 0.375 e. The number of allylic oxidation sites excluding steroid dienone is 5. The van der Waals surface area contributed by atoms with Crippen LogP contribution in [0.4, 0.5) is 11.4 Å². The molecule has 9 nitrogen and oxygen atoms in total. The Hall–Kier alpha value is -2.53. The summed E-state index contributed by atoms with van der Waals surface area (Å²) in [5.41, 5.74) is 1.97. The van der Waals surface area contributed by atoms with Crippen LogP contribution in [0.25, 0.3) is 0 Å². The number of nitro groups is 2. The number of halogens is 2. The summed E-state index contributed by atoms with van der Waals surface area (Å²) in [4.78, 5) is 36.7. The third-order valence-corrected chi connectivity index (χ3v) is 3.94. The van der Waals surface area contributed by atoms with E-state index in [1.54, 1.807) is 0 Å². The number of rotatable bonds is 5. The number of carbonyl (C=O) groups is 1. The molecule has 11 heteroatoms. The van der Waals surface area contributed by atoms with Gasteiger partial charge in [0.05, 0.1) is 24.9 Å². The molecule has 124 valence electrons. The fraction of sp³-hybridized carbons (Fsp3) is 0. The van der Waals surface area contributed by atoms with Crippen molar-refractivity contribution in [3.8, 4) is 5.75 Å². The van der Waals surface area contributed by atoms with E-state index in [1.165, 1.54) is 18.4 Å². The molecule has 1 aromatic rings. The standard InChI is InChI=1S/C13H7Br2N3O6/c14-9-3-7(4-10(15)13(9)19)6-16-24-12-2-1-8(17(20)21)5-11(12)18(22)23/h1-6,16H. The van der Waals surface area contributed by atoms with Crippen molar-refractivity contribution in [1.82, 2.24) is 5.48 Å². The Bertz CT molecular complexity index is 807. The van der Waals surface area contributed by atoms with Crippen LogP contribution in [0.5, 0.6) is 5.75 Å². The quantitative estimate of drug-likeness (QED) is 0.527. The summed E-state index contributed by atoms with van der Waals surface area (Å²) in [7, 11) is 0. The van der Waals surface area contributed by atoms with Gasteiger partial charge in [0.15, 0.2) is 0 Å². The SMILES string of the molecule is O=C1C(Br)=CC(=CNOc2ccc([N+](=O)[O-])cc2[N+](=O)[O-])C=C1Br. The zero-order chi connectivity index (χ0) is 17.9. The van der Waals surface area contributed by atoms with Crippen molar-refractivity contribution in [1.29, 1.82) is 0 Å². The molecule has 0 aliphatic heterocycles. The molecular weight excluding hydrogens is 454 g/mol. The van der Waals surface area contributed by atoms with Crippen molar-refractivity contribution >= 4 is 49.0 Å². The maximum atomic E-state index is 11.5. The minimum atomic E-state index is -0.788. The van der Waals surface area contributed by atoms with Crippen molar-refractivity contribution < 1.29 is 19.5 Å². The molecule has 0 amide bonds. The maximum absolute atomic E-state index is 11.5. The molecule has 0 spiro atoms. The van der Waals surface area contributed by atoms with E-state index in [2.05, 4.69) is 37.3 Å². The summed E-state index contributed by atoms with van der Waals surface area (Å²) < 4.78 is 0.650. The predicted molar refractivity (Wildman–Crippen MR) is 90.6 cm³/mol. The average Bonchev–Trinajstić information content (AvgIpc) is 2.52. The second-order valence-electron chi connectivity index (χ2n) is 4.34. The van der Waals surface area contributed by atoms with E-state index in [9.17, 15) is 25.0 Å². The van der Waals surface area contributed by atoms with E-state index in [1.807, 2.05) is 0 Å². The van der Waals surface area contributed by atoms with E-state index in [0.29, 0.717) is 14.5 Å². The lowest BCUT2D eigenvalue weighted by atomic mass is 10.1. The van der Waals surface area contributed by atoms with Gasteiger partial charge in [-0.05, 0) is 55.7 Å². The Labute approximate surface area is 151 Å². The third-order valence-electron chi connectivity index (χ3n) is 2.77. The number of benzene rings is 1. The number of carbonyl (C=O) groups excluding carboxylic acids is 1. The first-order valence-electron chi connectivity index (χ1n) is 6.14. The molecule has 0 bridgehead atoms. The number of nitrogens with one attached hydrogen (secondary N) is 1. The van der Waals surface area contributed by atoms with Gasteiger partial charge in [-0.25, -0.2) is 5.48 Å². The molecule has 0 aromatic heterocycles. The highest BCUT2D eigenvalue weighted by Crippen LogP contribution is 2.30. The number of non-ortho nitro benzene ring substituents is 1. The first kappa shape index (κ1) is 17.8. The van der Waals surface area contributed by atoms with Gasteiger partial charge >= 0.3 is 5.69 Å². The Morgan fingerprint density at radius 2 is 1.71 bits per heavy atom. The summed E-state index contributed by atoms with van der Waals surface area (Å²) in [5.74, 6) is -0.417. The van der Waals surface area contributed by atoms with E-state index < -0.39 is 21.2 Å². The Morgan fingerprint density at radius 3 is 2.25 bits per heavy atom. The van der Waals surface area contributed by atoms with Gasteiger partial charge < -0.3 is 4.84 Å². The van der Waals surface area contributed by atoms with Crippen LogP contribution in [0.15, 0.2) is 51.1 Å². The van der Waals surface area contributed by atoms with E-state index in [4.69, 9.17) is 4.84 Å². The Kier molecular flexibility index (Phi) is 5.46. The molecular formula is C13H7Br2N3O6. The predicted octanol–water partition coefficient (Wildman–Crippen LogP) is 3.41. The van der Waals surface area contributed by atoms with Crippen LogP contribution < -0.4 is 10.3 Å². The van der Waals surface area contributed by atoms with Crippen LogP contribution in [-0.2, 0) is 4.79 Å². The molecule has 1 aliphatic rings. The van der Waals surface area contributed by atoms with Crippen molar-refractivity contribution in [3.05, 3.63) is 71.3 Å². The van der Waals surface area contributed by atoms with Crippen molar-refractivity contribution in [3.63, 3.8) is 0 Å². The molecule has 0 fully saturated rings. The molecule has 0 atom stereocenters. The summed E-state index contributed by atoms with van der Waals surface area (Å²) >= 11 is 6.20. The van der Waals surface area contributed by atoms with Crippen LogP contribution in [0.3, 0.4) is 0 Å². The van der Waals surface area contributed by atoms with Gasteiger partial charge in [0, 0.05) is 12.3 Å². The molecule has 2 rings (SSSR count). The average molecular weight is 461 g/mol. The minimum absolute atomic E-state index is 0.194. The molecule has 0 saturated heterocycles. The van der Waals surface area contributed by atoms with E-state index >= 15 is 0 Å². The number of Topliss-reactive ketones (excluding diaryl/α,β-unsaturated/α-hetero) is 1. The number of nitro benzene ring substituents is 2. The van der Waals surface area contributed by atoms with E-state index in [-0.39, 0.29) is 11.5 Å². The lowest BCUT2D eigenvalue weighted by Gasteiger charge is -2.09. The highest BCUT2D eigenvalue weighted by Gasteiger charge is 2.21. The third kappa shape index (κ3) is 4.06. The van der Waals surface area contributed by atoms with Crippen molar-refractivity contribution in [2.24, 2.45) is 0 Å².